The van der Waals surface area contributed by atoms with Crippen LogP contribution in [0.15, 0.2) is 51.4 Å². The molecule has 0 heterocycles. The molecule has 0 saturated carbocycles. The number of carbonyl (C=O) groups is 1. The van der Waals surface area contributed by atoms with Crippen molar-refractivity contribution in [2.45, 2.75) is 19.4 Å². The molecule has 1 unspecified atom stereocenters. The van der Waals surface area contributed by atoms with E-state index in [0.717, 1.165) is 20.1 Å². The first-order valence-electron chi connectivity index (χ1n) is 6.53. The second-order valence-electron chi connectivity index (χ2n) is 4.89. The topological polar surface area (TPSA) is 55.1 Å². The van der Waals surface area contributed by atoms with Crippen LogP contribution in [0.4, 0.5) is 5.69 Å². The SMILES string of the molecule is Cc1cc(Br)c(NC(=O)C(N)Cc2ccccc2)c(Br)c1. The first kappa shape index (κ1) is 16.2. The molecule has 5 heteroatoms. The van der Waals surface area contributed by atoms with Crippen LogP contribution in [0, 0.1) is 6.92 Å². The highest BCUT2D eigenvalue weighted by Gasteiger charge is 2.17. The number of aryl methyl sites for hydroxylation is 1. The van der Waals surface area contributed by atoms with Crippen LogP contribution in [0.3, 0.4) is 0 Å². The van der Waals surface area contributed by atoms with Gasteiger partial charge in [-0.2, -0.15) is 0 Å². The number of benzene rings is 2. The molecule has 1 amide bonds. The van der Waals surface area contributed by atoms with Gasteiger partial charge in [0.2, 0.25) is 5.91 Å². The number of nitrogens with two attached hydrogens (primary N) is 1. The Labute approximate surface area is 141 Å². The fourth-order valence-corrected chi connectivity index (χ4v) is 3.61. The van der Waals surface area contributed by atoms with Gasteiger partial charge in [-0.15, -0.1) is 0 Å². The van der Waals surface area contributed by atoms with Gasteiger partial charge < -0.3 is 11.1 Å². The zero-order valence-electron chi connectivity index (χ0n) is 11.6. The summed E-state index contributed by atoms with van der Waals surface area (Å²) in [7, 11) is 0. The first-order valence-corrected chi connectivity index (χ1v) is 8.12. The van der Waals surface area contributed by atoms with Crippen molar-refractivity contribution in [3.8, 4) is 0 Å². The van der Waals surface area contributed by atoms with E-state index in [9.17, 15) is 4.79 Å². The van der Waals surface area contributed by atoms with E-state index in [1.165, 1.54) is 0 Å². The molecule has 0 fully saturated rings. The highest BCUT2D eigenvalue weighted by Crippen LogP contribution is 2.32. The minimum absolute atomic E-state index is 0.205. The van der Waals surface area contributed by atoms with Crippen LogP contribution in [-0.2, 0) is 11.2 Å². The maximum absolute atomic E-state index is 12.2. The van der Waals surface area contributed by atoms with E-state index in [2.05, 4.69) is 37.2 Å². The molecule has 0 spiro atoms. The maximum Gasteiger partial charge on any atom is 0.241 e. The van der Waals surface area contributed by atoms with Gasteiger partial charge in [-0.1, -0.05) is 30.3 Å². The number of anilines is 1. The van der Waals surface area contributed by atoms with Crippen molar-refractivity contribution < 1.29 is 4.79 Å². The summed E-state index contributed by atoms with van der Waals surface area (Å²) < 4.78 is 1.66. The number of rotatable bonds is 4. The van der Waals surface area contributed by atoms with Crippen LogP contribution < -0.4 is 11.1 Å². The average molecular weight is 412 g/mol. The fourth-order valence-electron chi connectivity index (χ4n) is 2.00. The molecular formula is C16H16Br2N2O. The quantitative estimate of drug-likeness (QED) is 0.797. The van der Waals surface area contributed by atoms with Crippen LogP contribution in [0.25, 0.3) is 0 Å². The van der Waals surface area contributed by atoms with E-state index in [-0.39, 0.29) is 5.91 Å². The predicted octanol–water partition coefficient (Wildman–Crippen LogP) is 4.03. The van der Waals surface area contributed by atoms with Crippen LogP contribution in [-0.4, -0.2) is 11.9 Å². The number of nitrogens with one attached hydrogen (secondary N) is 1. The van der Waals surface area contributed by atoms with Gasteiger partial charge in [-0.05, 0) is 68.5 Å². The van der Waals surface area contributed by atoms with Gasteiger partial charge in [-0.25, -0.2) is 0 Å². The summed E-state index contributed by atoms with van der Waals surface area (Å²) >= 11 is 6.91. The Morgan fingerprint density at radius 1 is 1.19 bits per heavy atom. The van der Waals surface area contributed by atoms with Gasteiger partial charge in [0.15, 0.2) is 0 Å². The minimum atomic E-state index is -0.590. The van der Waals surface area contributed by atoms with Crippen LogP contribution >= 0.6 is 31.9 Å². The molecule has 2 aromatic carbocycles. The summed E-state index contributed by atoms with van der Waals surface area (Å²) in [6.45, 7) is 1.99. The number of halogens is 2. The molecule has 0 aliphatic rings. The smallest absolute Gasteiger partial charge is 0.241 e. The van der Waals surface area contributed by atoms with Crippen molar-refractivity contribution in [2.75, 3.05) is 5.32 Å². The fraction of sp³-hybridized carbons (Fsp3) is 0.188. The molecule has 3 nitrogen and oxygen atoms in total. The Kier molecular flexibility index (Phi) is 5.56. The summed E-state index contributed by atoms with van der Waals surface area (Å²) in [5, 5.41) is 2.87. The van der Waals surface area contributed by atoms with Crippen molar-refractivity contribution in [2.24, 2.45) is 5.73 Å². The Balaban J connectivity index is 2.08. The first-order chi connectivity index (χ1) is 9.97. The summed E-state index contributed by atoms with van der Waals surface area (Å²) in [5.41, 5.74) is 8.83. The van der Waals surface area contributed by atoms with Crippen LogP contribution in [0.1, 0.15) is 11.1 Å². The van der Waals surface area contributed by atoms with Crippen molar-refractivity contribution in [3.63, 3.8) is 0 Å². The lowest BCUT2D eigenvalue weighted by atomic mass is 10.1. The lowest BCUT2D eigenvalue weighted by molar-refractivity contribution is -0.117. The van der Waals surface area contributed by atoms with Gasteiger partial charge in [0.05, 0.1) is 11.7 Å². The third-order valence-corrected chi connectivity index (χ3v) is 4.32. The predicted molar refractivity (Wildman–Crippen MR) is 93.3 cm³/mol. The van der Waals surface area contributed by atoms with E-state index in [4.69, 9.17) is 5.73 Å². The molecule has 2 rings (SSSR count). The molecule has 110 valence electrons. The number of hydrogen-bond acceptors (Lipinski definition) is 2. The molecule has 1 atom stereocenters. The number of hydrogen-bond donors (Lipinski definition) is 2. The van der Waals surface area contributed by atoms with E-state index >= 15 is 0 Å². The van der Waals surface area contributed by atoms with Crippen LogP contribution in [0.2, 0.25) is 0 Å². The lowest BCUT2D eigenvalue weighted by Crippen LogP contribution is -2.37. The molecule has 0 bridgehead atoms. The van der Waals surface area contributed by atoms with Gasteiger partial charge in [-0.3, -0.25) is 4.79 Å². The molecule has 2 aromatic rings. The molecule has 0 radical (unpaired) electrons. The average Bonchev–Trinajstić information content (AvgIpc) is 2.43. The standard InChI is InChI=1S/C16H16Br2N2O/c1-10-7-12(17)15(13(18)8-10)20-16(21)14(19)9-11-5-3-2-4-6-11/h2-8,14H,9,19H2,1H3,(H,20,21). The number of amides is 1. The molecule has 0 aliphatic carbocycles. The van der Waals surface area contributed by atoms with Crippen molar-refractivity contribution in [1.29, 1.82) is 0 Å². The third-order valence-electron chi connectivity index (χ3n) is 3.07. The Morgan fingerprint density at radius 3 is 2.33 bits per heavy atom. The van der Waals surface area contributed by atoms with Crippen molar-refractivity contribution in [3.05, 3.63) is 62.5 Å². The van der Waals surface area contributed by atoms with Gasteiger partial charge in [0, 0.05) is 8.95 Å². The van der Waals surface area contributed by atoms with E-state index in [1.807, 2.05) is 49.4 Å². The van der Waals surface area contributed by atoms with Gasteiger partial charge in [0.25, 0.3) is 0 Å². The highest BCUT2D eigenvalue weighted by molar-refractivity contribution is 9.11. The maximum atomic E-state index is 12.2. The minimum Gasteiger partial charge on any atom is -0.323 e. The molecule has 0 saturated heterocycles. The molecule has 0 aromatic heterocycles. The van der Waals surface area contributed by atoms with Crippen molar-refractivity contribution in [1.82, 2.24) is 0 Å². The third kappa shape index (κ3) is 4.40. The zero-order valence-corrected chi connectivity index (χ0v) is 14.7. The zero-order chi connectivity index (χ0) is 15.4. The summed E-state index contributed by atoms with van der Waals surface area (Å²) in [6, 6.07) is 13.0. The largest absolute Gasteiger partial charge is 0.323 e. The molecular weight excluding hydrogens is 396 g/mol. The van der Waals surface area contributed by atoms with E-state index < -0.39 is 6.04 Å². The molecule has 0 aliphatic heterocycles. The van der Waals surface area contributed by atoms with E-state index in [0.29, 0.717) is 12.1 Å². The summed E-state index contributed by atoms with van der Waals surface area (Å²) in [6.07, 6.45) is 0.508. The second kappa shape index (κ2) is 7.20. The Morgan fingerprint density at radius 2 is 1.76 bits per heavy atom. The molecule has 3 N–H and O–H groups in total. The normalized spacial score (nSPS) is 12.0. The Hall–Kier alpha value is -1.17. The number of carbonyl (C=O) groups excluding carboxylic acids is 1. The monoisotopic (exact) mass is 410 g/mol. The van der Waals surface area contributed by atoms with Gasteiger partial charge >= 0.3 is 0 Å². The van der Waals surface area contributed by atoms with Crippen LogP contribution in [0.5, 0.6) is 0 Å². The highest BCUT2D eigenvalue weighted by atomic mass is 79.9. The summed E-state index contributed by atoms with van der Waals surface area (Å²) in [4.78, 5) is 12.2. The van der Waals surface area contributed by atoms with Gasteiger partial charge in [0.1, 0.15) is 0 Å². The summed E-state index contributed by atoms with van der Waals surface area (Å²) in [5.74, 6) is -0.205. The van der Waals surface area contributed by atoms with E-state index in [1.54, 1.807) is 0 Å². The molecule has 21 heavy (non-hydrogen) atoms. The lowest BCUT2D eigenvalue weighted by Gasteiger charge is -2.15. The van der Waals surface area contributed by atoms with Crippen molar-refractivity contribution >= 4 is 43.5 Å². The second-order valence-corrected chi connectivity index (χ2v) is 6.60. The Bertz CT molecular complexity index is 621.